The number of hydrogen-bond donors (Lipinski definition) is 1. The Morgan fingerprint density at radius 1 is 1.00 bits per heavy atom. The number of amides is 2. The van der Waals surface area contributed by atoms with Crippen LogP contribution in [0.3, 0.4) is 0 Å². The van der Waals surface area contributed by atoms with Crippen LogP contribution in [0, 0.1) is 0 Å². The summed E-state index contributed by atoms with van der Waals surface area (Å²) >= 11 is 5.99. The second-order valence-corrected chi connectivity index (χ2v) is 9.50. The monoisotopic (exact) mass is 442 g/mol. The fraction of sp³-hybridized carbons (Fsp3) is 0.462. The highest BCUT2D eigenvalue weighted by molar-refractivity contribution is 6.30. The standard InChI is InChI=1S/C26H35ClN2O2/c1-6-17-28-25(31)19(2)29(18-21-9-14-23(27)15-10-21)24(30)16-11-20-7-12-22(13-8-20)26(3,4)5/h7-10,12-15,19H,6,11,16-18H2,1-5H3,(H,28,31)/t19-/m0/s1. The van der Waals surface area contributed by atoms with Gasteiger partial charge in [-0.05, 0) is 54.0 Å². The second kappa shape index (κ2) is 11.3. The number of rotatable bonds is 9. The van der Waals surface area contributed by atoms with Crippen LogP contribution in [0.5, 0.6) is 0 Å². The molecular formula is C26H35ClN2O2. The largest absolute Gasteiger partial charge is 0.354 e. The Balaban J connectivity index is 2.10. The van der Waals surface area contributed by atoms with E-state index in [2.05, 4.69) is 50.4 Å². The summed E-state index contributed by atoms with van der Waals surface area (Å²) in [5.41, 5.74) is 3.44. The molecule has 2 aromatic rings. The lowest BCUT2D eigenvalue weighted by Gasteiger charge is -2.29. The normalized spacial score (nSPS) is 12.3. The van der Waals surface area contributed by atoms with E-state index in [9.17, 15) is 9.59 Å². The number of nitrogens with zero attached hydrogens (tertiary/aromatic N) is 1. The van der Waals surface area contributed by atoms with Crippen molar-refractivity contribution in [3.8, 4) is 0 Å². The van der Waals surface area contributed by atoms with Gasteiger partial charge in [0.15, 0.2) is 0 Å². The lowest BCUT2D eigenvalue weighted by Crippen LogP contribution is -2.47. The first-order chi connectivity index (χ1) is 14.6. The van der Waals surface area contributed by atoms with E-state index < -0.39 is 6.04 Å². The molecule has 2 amide bonds. The average Bonchev–Trinajstić information content (AvgIpc) is 2.74. The summed E-state index contributed by atoms with van der Waals surface area (Å²) in [4.78, 5) is 27.4. The van der Waals surface area contributed by atoms with Crippen LogP contribution in [0.4, 0.5) is 0 Å². The Morgan fingerprint density at radius 3 is 2.13 bits per heavy atom. The predicted octanol–water partition coefficient (Wildman–Crippen LogP) is 5.51. The van der Waals surface area contributed by atoms with Crippen molar-refractivity contribution in [3.05, 3.63) is 70.2 Å². The second-order valence-electron chi connectivity index (χ2n) is 9.06. The highest BCUT2D eigenvalue weighted by Crippen LogP contribution is 2.23. The van der Waals surface area contributed by atoms with Crippen molar-refractivity contribution >= 4 is 23.4 Å². The number of aryl methyl sites for hydroxylation is 1. The third kappa shape index (κ3) is 7.70. The summed E-state index contributed by atoms with van der Waals surface area (Å²) in [6.45, 7) is 11.3. The first-order valence-electron chi connectivity index (χ1n) is 11.0. The van der Waals surface area contributed by atoms with Crippen LogP contribution in [0.2, 0.25) is 5.02 Å². The van der Waals surface area contributed by atoms with E-state index in [1.807, 2.05) is 19.1 Å². The Bertz CT molecular complexity index is 854. The number of carbonyl (C=O) groups excluding carboxylic acids is 2. The minimum absolute atomic E-state index is 0.0333. The lowest BCUT2D eigenvalue weighted by molar-refractivity contribution is -0.140. The van der Waals surface area contributed by atoms with E-state index in [-0.39, 0.29) is 17.2 Å². The molecule has 0 aliphatic carbocycles. The fourth-order valence-electron chi connectivity index (χ4n) is 3.33. The van der Waals surface area contributed by atoms with Crippen LogP contribution in [-0.2, 0) is 28.0 Å². The Morgan fingerprint density at radius 2 is 1.58 bits per heavy atom. The van der Waals surface area contributed by atoms with Gasteiger partial charge in [-0.1, -0.05) is 75.7 Å². The molecule has 2 rings (SSSR count). The van der Waals surface area contributed by atoms with E-state index in [1.54, 1.807) is 24.0 Å². The highest BCUT2D eigenvalue weighted by Gasteiger charge is 2.25. The highest BCUT2D eigenvalue weighted by atomic mass is 35.5. The summed E-state index contributed by atoms with van der Waals surface area (Å²) in [7, 11) is 0. The molecule has 0 aliphatic rings. The van der Waals surface area contributed by atoms with Crippen LogP contribution < -0.4 is 5.32 Å². The third-order valence-corrected chi connectivity index (χ3v) is 5.68. The molecule has 0 unspecified atom stereocenters. The number of carbonyl (C=O) groups is 2. The Kier molecular flexibility index (Phi) is 9.12. The van der Waals surface area contributed by atoms with E-state index in [0.29, 0.717) is 31.0 Å². The first kappa shape index (κ1) is 24.9. The first-order valence-corrected chi connectivity index (χ1v) is 11.4. The maximum Gasteiger partial charge on any atom is 0.242 e. The fourth-order valence-corrected chi connectivity index (χ4v) is 3.46. The van der Waals surface area contributed by atoms with Crippen molar-refractivity contribution in [2.75, 3.05) is 6.54 Å². The lowest BCUT2D eigenvalue weighted by atomic mass is 9.86. The summed E-state index contributed by atoms with van der Waals surface area (Å²) in [6.07, 6.45) is 1.85. The maximum absolute atomic E-state index is 13.2. The zero-order valence-corrected chi connectivity index (χ0v) is 20.1. The van der Waals surface area contributed by atoms with Crippen molar-refractivity contribution < 1.29 is 9.59 Å². The Hall–Kier alpha value is -2.33. The molecule has 2 aromatic carbocycles. The van der Waals surface area contributed by atoms with Gasteiger partial charge >= 0.3 is 0 Å². The number of halogens is 1. The molecule has 4 nitrogen and oxygen atoms in total. The molecule has 5 heteroatoms. The van der Waals surface area contributed by atoms with Crippen LogP contribution >= 0.6 is 11.6 Å². The zero-order valence-electron chi connectivity index (χ0n) is 19.4. The molecular weight excluding hydrogens is 408 g/mol. The summed E-state index contributed by atoms with van der Waals surface area (Å²) < 4.78 is 0. The van der Waals surface area contributed by atoms with Crippen molar-refractivity contribution in [1.82, 2.24) is 10.2 Å². The van der Waals surface area contributed by atoms with E-state index in [1.165, 1.54) is 5.56 Å². The molecule has 0 aromatic heterocycles. The molecule has 0 radical (unpaired) electrons. The molecule has 31 heavy (non-hydrogen) atoms. The molecule has 0 fully saturated rings. The minimum Gasteiger partial charge on any atom is -0.354 e. The van der Waals surface area contributed by atoms with Gasteiger partial charge in [-0.2, -0.15) is 0 Å². The third-order valence-electron chi connectivity index (χ3n) is 5.43. The van der Waals surface area contributed by atoms with Crippen molar-refractivity contribution in [1.29, 1.82) is 0 Å². The van der Waals surface area contributed by atoms with Gasteiger partial charge in [-0.3, -0.25) is 9.59 Å². The van der Waals surface area contributed by atoms with Crippen LogP contribution in [0.25, 0.3) is 0 Å². The maximum atomic E-state index is 13.2. The van der Waals surface area contributed by atoms with Crippen molar-refractivity contribution in [2.24, 2.45) is 0 Å². The van der Waals surface area contributed by atoms with Gasteiger partial charge < -0.3 is 10.2 Å². The SMILES string of the molecule is CCCNC(=O)[C@H](C)N(Cc1ccc(Cl)cc1)C(=O)CCc1ccc(C(C)(C)C)cc1. The van der Waals surface area contributed by atoms with Crippen molar-refractivity contribution in [3.63, 3.8) is 0 Å². The van der Waals surface area contributed by atoms with Crippen molar-refractivity contribution in [2.45, 2.75) is 71.9 Å². The van der Waals surface area contributed by atoms with Crippen LogP contribution in [0.15, 0.2) is 48.5 Å². The van der Waals surface area contributed by atoms with Gasteiger partial charge in [0.2, 0.25) is 11.8 Å². The minimum atomic E-state index is -0.544. The summed E-state index contributed by atoms with van der Waals surface area (Å²) in [5.74, 6) is -0.160. The average molecular weight is 443 g/mol. The summed E-state index contributed by atoms with van der Waals surface area (Å²) in [5, 5.41) is 3.55. The van der Waals surface area contributed by atoms with Gasteiger partial charge in [0.1, 0.15) is 6.04 Å². The van der Waals surface area contributed by atoms with E-state index in [0.717, 1.165) is 17.5 Å². The number of hydrogen-bond acceptors (Lipinski definition) is 2. The van der Waals surface area contributed by atoms with Gasteiger partial charge in [0.25, 0.3) is 0 Å². The van der Waals surface area contributed by atoms with Gasteiger partial charge in [-0.25, -0.2) is 0 Å². The molecule has 0 bridgehead atoms. The number of benzene rings is 2. The zero-order chi connectivity index (χ0) is 23.0. The molecule has 0 saturated carbocycles. The quantitative estimate of drug-likeness (QED) is 0.556. The van der Waals surface area contributed by atoms with E-state index in [4.69, 9.17) is 11.6 Å². The molecule has 168 valence electrons. The molecule has 0 heterocycles. The molecule has 0 aliphatic heterocycles. The smallest absolute Gasteiger partial charge is 0.242 e. The summed E-state index contributed by atoms with van der Waals surface area (Å²) in [6, 6.07) is 15.3. The van der Waals surface area contributed by atoms with Crippen LogP contribution in [-0.4, -0.2) is 29.3 Å². The predicted molar refractivity (Wildman–Crippen MR) is 128 cm³/mol. The van der Waals surface area contributed by atoms with Gasteiger partial charge in [0.05, 0.1) is 0 Å². The number of nitrogens with one attached hydrogen (secondary N) is 1. The Labute approximate surface area is 192 Å². The molecule has 1 N–H and O–H groups in total. The molecule has 0 saturated heterocycles. The topological polar surface area (TPSA) is 49.4 Å². The van der Waals surface area contributed by atoms with Gasteiger partial charge in [-0.15, -0.1) is 0 Å². The van der Waals surface area contributed by atoms with Gasteiger partial charge in [0, 0.05) is 24.5 Å². The van der Waals surface area contributed by atoms with E-state index >= 15 is 0 Å². The molecule has 0 spiro atoms. The van der Waals surface area contributed by atoms with Crippen LogP contribution in [0.1, 0.15) is 64.2 Å². The molecule has 1 atom stereocenters.